The number of nitrogens with zero attached hydrogens (tertiary/aromatic N) is 4. The molecule has 98 valence electrons. The van der Waals surface area contributed by atoms with Gasteiger partial charge in [-0.05, 0) is 18.2 Å². The first-order valence-electron chi connectivity index (χ1n) is 5.73. The second-order valence-corrected chi connectivity index (χ2v) is 4.22. The van der Waals surface area contributed by atoms with E-state index in [4.69, 9.17) is 15.4 Å². The molecule has 7 nitrogen and oxygen atoms in total. The predicted molar refractivity (Wildman–Crippen MR) is 71.6 cm³/mol. The summed E-state index contributed by atoms with van der Waals surface area (Å²) in [4.78, 5) is 19.6. The number of aromatic nitrogens is 3. The van der Waals surface area contributed by atoms with Crippen LogP contribution in [0.1, 0.15) is 5.69 Å². The van der Waals surface area contributed by atoms with Crippen molar-refractivity contribution in [1.29, 1.82) is 5.26 Å². The molecule has 0 aliphatic heterocycles. The Labute approximate surface area is 112 Å². The Morgan fingerprint density at radius 3 is 2.90 bits per heavy atom. The minimum atomic E-state index is -0.441. The van der Waals surface area contributed by atoms with Gasteiger partial charge in [0.05, 0.1) is 5.52 Å². The molecule has 2 N–H and O–H groups in total. The number of benzene rings is 1. The van der Waals surface area contributed by atoms with E-state index in [1.54, 1.807) is 25.2 Å². The first-order valence-corrected chi connectivity index (χ1v) is 5.73. The van der Waals surface area contributed by atoms with Crippen LogP contribution in [-0.4, -0.2) is 14.5 Å². The van der Waals surface area contributed by atoms with E-state index in [0.29, 0.717) is 22.5 Å². The summed E-state index contributed by atoms with van der Waals surface area (Å²) >= 11 is 0. The number of anilines is 1. The Morgan fingerprint density at radius 1 is 1.35 bits per heavy atom. The normalized spacial score (nSPS) is 10.6. The van der Waals surface area contributed by atoms with E-state index in [9.17, 15) is 4.79 Å². The summed E-state index contributed by atoms with van der Waals surface area (Å²) in [5, 5.41) is 8.90. The highest BCUT2D eigenvalue weighted by molar-refractivity contribution is 5.79. The fourth-order valence-corrected chi connectivity index (χ4v) is 1.92. The van der Waals surface area contributed by atoms with E-state index in [-0.39, 0.29) is 11.5 Å². The van der Waals surface area contributed by atoms with Gasteiger partial charge in [0.15, 0.2) is 11.4 Å². The van der Waals surface area contributed by atoms with Gasteiger partial charge in [-0.2, -0.15) is 5.26 Å². The number of nitrogen functional groups attached to an aromatic ring is 1. The fraction of sp³-hybridized carbons (Fsp3) is 0.0769. The third-order valence-corrected chi connectivity index (χ3v) is 2.91. The molecule has 0 amide bonds. The van der Waals surface area contributed by atoms with Crippen LogP contribution < -0.4 is 11.5 Å². The molecule has 7 heteroatoms. The SMILES string of the molecule is Cn1c(=O)oc2ccc(-c3nc(N)cc(C#N)n3)cc21. The zero-order valence-electron chi connectivity index (χ0n) is 10.5. The van der Waals surface area contributed by atoms with Crippen LogP contribution in [0.15, 0.2) is 33.5 Å². The minimum absolute atomic E-state index is 0.189. The summed E-state index contributed by atoms with van der Waals surface area (Å²) in [7, 11) is 1.61. The molecule has 20 heavy (non-hydrogen) atoms. The van der Waals surface area contributed by atoms with Gasteiger partial charge < -0.3 is 10.2 Å². The van der Waals surface area contributed by atoms with Crippen LogP contribution in [0.2, 0.25) is 0 Å². The van der Waals surface area contributed by atoms with E-state index in [1.165, 1.54) is 10.6 Å². The maximum atomic E-state index is 11.4. The summed E-state index contributed by atoms with van der Waals surface area (Å²) in [6.45, 7) is 0. The molecule has 1 aromatic carbocycles. The van der Waals surface area contributed by atoms with Crippen molar-refractivity contribution < 1.29 is 4.42 Å². The van der Waals surface area contributed by atoms with Crippen molar-refractivity contribution in [3.63, 3.8) is 0 Å². The molecule has 0 unspecified atom stereocenters. The molecule has 3 aromatic rings. The number of aryl methyl sites for hydroxylation is 1. The molecule has 0 saturated carbocycles. The van der Waals surface area contributed by atoms with Gasteiger partial charge in [-0.25, -0.2) is 14.8 Å². The molecule has 0 aliphatic rings. The first-order chi connectivity index (χ1) is 9.58. The number of hydrogen-bond donors (Lipinski definition) is 1. The topological polar surface area (TPSA) is 111 Å². The Kier molecular flexibility index (Phi) is 2.51. The van der Waals surface area contributed by atoms with Crippen molar-refractivity contribution >= 4 is 16.9 Å². The highest BCUT2D eigenvalue weighted by Gasteiger charge is 2.10. The number of hydrogen-bond acceptors (Lipinski definition) is 6. The van der Waals surface area contributed by atoms with Gasteiger partial charge in [0.1, 0.15) is 17.6 Å². The molecule has 0 aliphatic carbocycles. The second-order valence-electron chi connectivity index (χ2n) is 4.22. The monoisotopic (exact) mass is 267 g/mol. The lowest BCUT2D eigenvalue weighted by atomic mass is 10.2. The maximum Gasteiger partial charge on any atom is 0.419 e. The number of oxazole rings is 1. The van der Waals surface area contributed by atoms with Gasteiger partial charge in [-0.1, -0.05) is 0 Å². The summed E-state index contributed by atoms with van der Waals surface area (Å²) in [5.74, 6) is 0.105. The van der Waals surface area contributed by atoms with Crippen molar-refractivity contribution in [2.75, 3.05) is 5.73 Å². The number of rotatable bonds is 1. The van der Waals surface area contributed by atoms with Crippen molar-refractivity contribution in [3.05, 3.63) is 40.5 Å². The van der Waals surface area contributed by atoms with Crippen LogP contribution in [0, 0.1) is 11.3 Å². The van der Waals surface area contributed by atoms with Crippen LogP contribution in [-0.2, 0) is 7.05 Å². The molecule has 0 atom stereocenters. The Hall–Kier alpha value is -3.14. The van der Waals surface area contributed by atoms with Crippen LogP contribution in [0.5, 0.6) is 0 Å². The standard InChI is InChI=1S/C13H9N5O2/c1-18-9-4-7(2-3-10(9)20-13(18)19)12-16-8(6-14)5-11(15)17-12/h2-5H,1H3,(H2,15,16,17). The fourth-order valence-electron chi connectivity index (χ4n) is 1.92. The summed E-state index contributed by atoms with van der Waals surface area (Å²) in [6, 6.07) is 8.41. The smallest absolute Gasteiger partial charge is 0.408 e. The lowest BCUT2D eigenvalue weighted by Gasteiger charge is -2.02. The van der Waals surface area contributed by atoms with Crippen molar-refractivity contribution in [2.24, 2.45) is 7.05 Å². The largest absolute Gasteiger partial charge is 0.419 e. The highest BCUT2D eigenvalue weighted by Crippen LogP contribution is 2.22. The molecule has 0 spiro atoms. The van der Waals surface area contributed by atoms with E-state index in [0.717, 1.165) is 0 Å². The molecule has 2 heterocycles. The molecular formula is C13H9N5O2. The van der Waals surface area contributed by atoms with Gasteiger partial charge in [-0.15, -0.1) is 0 Å². The van der Waals surface area contributed by atoms with E-state index in [2.05, 4.69) is 9.97 Å². The third-order valence-electron chi connectivity index (χ3n) is 2.91. The molecule has 0 bridgehead atoms. The molecule has 2 aromatic heterocycles. The van der Waals surface area contributed by atoms with Gasteiger partial charge >= 0.3 is 5.76 Å². The van der Waals surface area contributed by atoms with Crippen LogP contribution in [0.4, 0.5) is 5.82 Å². The summed E-state index contributed by atoms with van der Waals surface area (Å²) in [5.41, 5.74) is 7.58. The van der Waals surface area contributed by atoms with Gasteiger partial charge in [0.2, 0.25) is 0 Å². The van der Waals surface area contributed by atoms with E-state index >= 15 is 0 Å². The van der Waals surface area contributed by atoms with E-state index < -0.39 is 5.76 Å². The van der Waals surface area contributed by atoms with E-state index in [1.807, 2.05) is 6.07 Å². The lowest BCUT2D eigenvalue weighted by molar-refractivity contribution is 0.528. The highest BCUT2D eigenvalue weighted by atomic mass is 16.4. The lowest BCUT2D eigenvalue weighted by Crippen LogP contribution is -2.08. The molecule has 3 rings (SSSR count). The molecule has 0 fully saturated rings. The second kappa shape index (κ2) is 4.20. The van der Waals surface area contributed by atoms with Crippen LogP contribution in [0.3, 0.4) is 0 Å². The van der Waals surface area contributed by atoms with Gasteiger partial charge in [-0.3, -0.25) is 4.57 Å². The first kappa shape index (κ1) is 11.9. The summed E-state index contributed by atoms with van der Waals surface area (Å²) in [6.07, 6.45) is 0. The quantitative estimate of drug-likeness (QED) is 0.705. The predicted octanol–water partition coefficient (Wildman–Crippen LogP) is 1.04. The van der Waals surface area contributed by atoms with Crippen molar-refractivity contribution in [2.45, 2.75) is 0 Å². The van der Waals surface area contributed by atoms with Crippen LogP contribution in [0.25, 0.3) is 22.5 Å². The number of nitriles is 1. The van der Waals surface area contributed by atoms with Crippen molar-refractivity contribution in [3.8, 4) is 17.5 Å². The Balaban J connectivity index is 2.24. The Bertz CT molecular complexity index is 917. The zero-order chi connectivity index (χ0) is 14.3. The Morgan fingerprint density at radius 2 is 2.15 bits per heavy atom. The third kappa shape index (κ3) is 1.80. The van der Waals surface area contributed by atoms with Crippen LogP contribution >= 0.6 is 0 Å². The minimum Gasteiger partial charge on any atom is -0.408 e. The molecule has 0 saturated heterocycles. The van der Waals surface area contributed by atoms with Gasteiger partial charge in [0, 0.05) is 18.7 Å². The maximum absolute atomic E-state index is 11.4. The molecule has 0 radical (unpaired) electrons. The average Bonchev–Trinajstić information content (AvgIpc) is 2.73. The summed E-state index contributed by atoms with van der Waals surface area (Å²) < 4.78 is 6.43. The average molecular weight is 267 g/mol. The number of nitrogens with two attached hydrogens (primary N) is 1. The van der Waals surface area contributed by atoms with Crippen molar-refractivity contribution in [1.82, 2.24) is 14.5 Å². The zero-order valence-corrected chi connectivity index (χ0v) is 10.5. The number of fused-ring (bicyclic) bond motifs is 1. The molecular weight excluding hydrogens is 258 g/mol. The van der Waals surface area contributed by atoms with Gasteiger partial charge in [0.25, 0.3) is 0 Å².